The first-order valence-corrected chi connectivity index (χ1v) is 7.48. The smallest absolute Gasteiger partial charge is 0.182 e. The van der Waals surface area contributed by atoms with Crippen molar-refractivity contribution in [2.45, 2.75) is 0 Å². The molecule has 0 unspecified atom stereocenters. The van der Waals surface area contributed by atoms with Crippen LogP contribution in [0.1, 0.15) is 0 Å². The van der Waals surface area contributed by atoms with Gasteiger partial charge in [0.2, 0.25) is 0 Å². The number of imidazole rings is 1. The van der Waals surface area contributed by atoms with Gasteiger partial charge >= 0.3 is 0 Å². The highest BCUT2D eigenvalue weighted by Crippen LogP contribution is 2.30. The molecule has 1 heterocycles. The number of aromatic amines is 1. The summed E-state index contributed by atoms with van der Waals surface area (Å²) in [5.41, 5.74) is 1.95. The highest BCUT2D eigenvalue weighted by atomic mass is 79.9. The number of aromatic nitrogens is 2. The van der Waals surface area contributed by atoms with E-state index < -0.39 is 0 Å². The minimum Gasteiger partial charge on any atom is -0.330 e. The van der Waals surface area contributed by atoms with Crippen molar-refractivity contribution in [1.82, 2.24) is 9.55 Å². The van der Waals surface area contributed by atoms with Gasteiger partial charge in [0.15, 0.2) is 4.77 Å². The average molecular weight is 392 g/mol. The molecule has 2 nitrogen and oxygen atoms in total. The molecule has 2 aromatic carbocycles. The van der Waals surface area contributed by atoms with E-state index >= 15 is 0 Å². The summed E-state index contributed by atoms with van der Waals surface area (Å²) in [6.07, 6.45) is 0. The summed E-state index contributed by atoms with van der Waals surface area (Å²) in [7, 11) is 0. The lowest BCUT2D eigenvalue weighted by Gasteiger charge is -2.08. The second-order valence-corrected chi connectivity index (χ2v) is 6.23. The molecule has 0 amide bonds. The molecule has 0 aliphatic heterocycles. The SMILES string of the molecule is Fc1cc2[nH]c(=S)n(-c3cc(Cl)ccc3Cl)c2cc1Br. The first kappa shape index (κ1) is 14.1. The topological polar surface area (TPSA) is 20.7 Å². The first-order chi connectivity index (χ1) is 9.47. The maximum atomic E-state index is 13.6. The Balaban J connectivity index is 2.42. The van der Waals surface area contributed by atoms with Gasteiger partial charge in [0, 0.05) is 11.1 Å². The lowest BCUT2D eigenvalue weighted by Crippen LogP contribution is -1.95. The van der Waals surface area contributed by atoms with Crippen molar-refractivity contribution in [1.29, 1.82) is 0 Å². The summed E-state index contributed by atoms with van der Waals surface area (Å²) in [4.78, 5) is 2.96. The van der Waals surface area contributed by atoms with Crippen LogP contribution in [0.5, 0.6) is 0 Å². The maximum Gasteiger partial charge on any atom is 0.182 e. The molecule has 0 spiro atoms. The second-order valence-electron chi connectivity index (χ2n) is 4.14. The van der Waals surface area contributed by atoms with Crippen LogP contribution in [-0.4, -0.2) is 9.55 Å². The van der Waals surface area contributed by atoms with Crippen molar-refractivity contribution in [2.75, 3.05) is 0 Å². The number of hydrogen-bond acceptors (Lipinski definition) is 1. The fraction of sp³-hybridized carbons (Fsp3) is 0. The zero-order chi connectivity index (χ0) is 14.4. The molecule has 0 saturated heterocycles. The minimum atomic E-state index is -0.363. The van der Waals surface area contributed by atoms with Crippen LogP contribution in [0.15, 0.2) is 34.8 Å². The monoisotopic (exact) mass is 390 g/mol. The Bertz CT molecular complexity index is 888. The van der Waals surface area contributed by atoms with Gasteiger partial charge in [0.05, 0.1) is 26.2 Å². The normalized spacial score (nSPS) is 11.2. The van der Waals surface area contributed by atoms with Gasteiger partial charge in [-0.05, 0) is 52.4 Å². The Labute approximate surface area is 137 Å². The maximum absolute atomic E-state index is 13.6. The van der Waals surface area contributed by atoms with Crippen molar-refractivity contribution >= 4 is 62.4 Å². The number of halogens is 4. The summed E-state index contributed by atoms with van der Waals surface area (Å²) in [6, 6.07) is 8.13. The molecule has 7 heteroatoms. The lowest BCUT2D eigenvalue weighted by molar-refractivity contribution is 0.623. The Kier molecular flexibility index (Phi) is 3.62. The highest BCUT2D eigenvalue weighted by Gasteiger charge is 2.12. The number of hydrogen-bond donors (Lipinski definition) is 1. The molecular formula is C13H6BrCl2FN2S. The van der Waals surface area contributed by atoms with Crippen LogP contribution in [0, 0.1) is 10.6 Å². The molecule has 0 atom stereocenters. The summed E-state index contributed by atoms with van der Waals surface area (Å²) in [5, 5.41) is 1.05. The number of nitrogens with one attached hydrogen (secondary N) is 1. The van der Waals surface area contributed by atoms with Crippen molar-refractivity contribution in [3.05, 3.63) is 55.4 Å². The number of rotatable bonds is 1. The molecule has 0 aliphatic carbocycles. The van der Waals surface area contributed by atoms with Crippen molar-refractivity contribution in [2.24, 2.45) is 0 Å². The summed E-state index contributed by atoms with van der Waals surface area (Å²) >= 11 is 20.7. The first-order valence-electron chi connectivity index (χ1n) is 5.52. The number of fused-ring (bicyclic) bond motifs is 1. The van der Waals surface area contributed by atoms with E-state index in [1.54, 1.807) is 28.8 Å². The summed E-state index contributed by atoms with van der Waals surface area (Å²) in [6.45, 7) is 0. The van der Waals surface area contributed by atoms with Crippen molar-refractivity contribution < 1.29 is 4.39 Å². The summed E-state index contributed by atoms with van der Waals surface area (Å²) in [5.74, 6) is -0.363. The molecule has 20 heavy (non-hydrogen) atoms. The largest absolute Gasteiger partial charge is 0.330 e. The van der Waals surface area contributed by atoms with Gasteiger partial charge < -0.3 is 4.98 Å². The van der Waals surface area contributed by atoms with Crippen LogP contribution in [0.25, 0.3) is 16.7 Å². The van der Waals surface area contributed by atoms with E-state index in [4.69, 9.17) is 35.4 Å². The lowest BCUT2D eigenvalue weighted by atomic mass is 10.2. The van der Waals surface area contributed by atoms with Crippen LogP contribution in [-0.2, 0) is 0 Å². The molecule has 0 fully saturated rings. The van der Waals surface area contributed by atoms with Crippen LogP contribution in [0.4, 0.5) is 4.39 Å². The Hall–Kier alpha value is -0.880. The van der Waals surface area contributed by atoms with Crippen LogP contribution >= 0.6 is 51.3 Å². The molecule has 0 bridgehead atoms. The van der Waals surface area contributed by atoms with Crippen molar-refractivity contribution in [3.63, 3.8) is 0 Å². The van der Waals surface area contributed by atoms with Crippen LogP contribution in [0.2, 0.25) is 10.0 Å². The number of benzene rings is 2. The van der Waals surface area contributed by atoms with E-state index in [0.29, 0.717) is 36.0 Å². The van der Waals surface area contributed by atoms with Gasteiger partial charge in [-0.3, -0.25) is 4.57 Å². The quantitative estimate of drug-likeness (QED) is 0.512. The van der Waals surface area contributed by atoms with Gasteiger partial charge in [0.25, 0.3) is 0 Å². The molecule has 0 radical (unpaired) electrons. The fourth-order valence-electron chi connectivity index (χ4n) is 2.00. The third kappa shape index (κ3) is 2.29. The predicted octanol–water partition coefficient (Wildman–Crippen LogP) is 5.90. The van der Waals surface area contributed by atoms with Gasteiger partial charge in [0.1, 0.15) is 5.82 Å². The van der Waals surface area contributed by atoms with E-state index in [2.05, 4.69) is 20.9 Å². The number of H-pyrrole nitrogens is 1. The highest BCUT2D eigenvalue weighted by molar-refractivity contribution is 9.10. The minimum absolute atomic E-state index is 0.353. The standard InChI is InChI=1S/C13H6BrCl2FN2S/c14-7-4-12-10(5-9(7)17)18-13(20)19(12)11-3-6(15)1-2-8(11)16/h1-5H,(H,18,20). The van der Waals surface area contributed by atoms with Gasteiger partial charge in [-0.25, -0.2) is 4.39 Å². The average Bonchev–Trinajstić information content (AvgIpc) is 2.69. The van der Waals surface area contributed by atoms with Gasteiger partial charge in [-0.2, -0.15) is 0 Å². The predicted molar refractivity (Wildman–Crippen MR) is 86.1 cm³/mol. The van der Waals surface area contributed by atoms with E-state index in [1.807, 2.05) is 0 Å². The van der Waals surface area contributed by atoms with E-state index in [9.17, 15) is 4.39 Å². The van der Waals surface area contributed by atoms with E-state index in [-0.39, 0.29) is 5.82 Å². The van der Waals surface area contributed by atoms with Crippen molar-refractivity contribution in [3.8, 4) is 5.69 Å². The van der Waals surface area contributed by atoms with Gasteiger partial charge in [-0.1, -0.05) is 23.2 Å². The Morgan fingerprint density at radius 2 is 1.95 bits per heavy atom. The summed E-state index contributed by atoms with van der Waals surface area (Å²) < 4.78 is 16.1. The van der Waals surface area contributed by atoms with Crippen LogP contribution in [0.3, 0.4) is 0 Å². The zero-order valence-electron chi connectivity index (χ0n) is 9.75. The molecule has 1 aromatic heterocycles. The molecule has 3 aromatic rings. The van der Waals surface area contributed by atoms with Crippen LogP contribution < -0.4 is 0 Å². The third-order valence-electron chi connectivity index (χ3n) is 2.87. The number of nitrogens with zero attached hydrogens (tertiary/aromatic N) is 1. The molecule has 0 aliphatic rings. The van der Waals surface area contributed by atoms with Gasteiger partial charge in [-0.15, -0.1) is 0 Å². The molecule has 1 N–H and O–H groups in total. The molecule has 102 valence electrons. The second kappa shape index (κ2) is 5.15. The Morgan fingerprint density at radius 3 is 2.70 bits per heavy atom. The fourth-order valence-corrected chi connectivity index (χ4v) is 3.00. The molecule has 0 saturated carbocycles. The zero-order valence-corrected chi connectivity index (χ0v) is 13.7. The molecular weight excluding hydrogens is 386 g/mol. The van der Waals surface area contributed by atoms with E-state index in [1.165, 1.54) is 6.07 Å². The molecule has 3 rings (SSSR count). The van der Waals surface area contributed by atoms with E-state index in [0.717, 1.165) is 0 Å². The Morgan fingerprint density at radius 1 is 1.20 bits per heavy atom. The third-order valence-corrected chi connectivity index (χ3v) is 4.32.